The normalized spacial score (nSPS) is 23.0. The van der Waals surface area contributed by atoms with Crippen molar-refractivity contribution in [1.82, 2.24) is 15.1 Å². The van der Waals surface area contributed by atoms with Crippen LogP contribution in [0, 0.1) is 0 Å². The van der Waals surface area contributed by atoms with Crippen molar-refractivity contribution in [2.75, 3.05) is 52.4 Å². The highest BCUT2D eigenvalue weighted by atomic mass is 79.9. The maximum atomic E-state index is 12.3. The molecule has 0 aromatic heterocycles. The molecule has 2 aliphatic rings. The van der Waals surface area contributed by atoms with Gasteiger partial charge in [0.05, 0.1) is 12.7 Å². The Morgan fingerprint density at radius 1 is 1.22 bits per heavy atom. The van der Waals surface area contributed by atoms with Gasteiger partial charge < -0.3 is 15.0 Å². The number of carbonyl (C=O) groups excluding carboxylic acids is 1. The van der Waals surface area contributed by atoms with Crippen molar-refractivity contribution in [3.05, 3.63) is 34.3 Å². The third-order valence-electron chi connectivity index (χ3n) is 4.50. The Morgan fingerprint density at radius 2 is 1.96 bits per heavy atom. The molecule has 2 fully saturated rings. The number of amides is 1. The number of ether oxygens (including phenoxy) is 1. The van der Waals surface area contributed by atoms with Crippen molar-refractivity contribution in [2.45, 2.75) is 12.5 Å². The van der Waals surface area contributed by atoms with E-state index in [9.17, 15) is 4.79 Å². The average molecular weight is 382 g/mol. The standard InChI is InChI=1S/C17H24BrN3O2/c18-15-3-1-14(2-4-15)16-13-20(11-12-23-16)8-5-17(22)21-9-6-19-7-10-21/h1-4,16,19H,5-13H2. The second kappa shape index (κ2) is 8.24. The zero-order valence-corrected chi connectivity index (χ0v) is 14.9. The maximum Gasteiger partial charge on any atom is 0.223 e. The van der Waals surface area contributed by atoms with Gasteiger partial charge in [0.25, 0.3) is 0 Å². The van der Waals surface area contributed by atoms with E-state index in [1.54, 1.807) is 0 Å². The second-order valence-corrected chi connectivity index (χ2v) is 7.01. The number of halogens is 1. The summed E-state index contributed by atoms with van der Waals surface area (Å²) in [5.41, 5.74) is 1.20. The van der Waals surface area contributed by atoms with E-state index in [0.29, 0.717) is 6.42 Å². The van der Waals surface area contributed by atoms with Crippen LogP contribution in [-0.2, 0) is 9.53 Å². The van der Waals surface area contributed by atoms with Gasteiger partial charge in [-0.2, -0.15) is 0 Å². The topological polar surface area (TPSA) is 44.8 Å². The number of nitrogens with zero attached hydrogens (tertiary/aromatic N) is 2. The lowest BCUT2D eigenvalue weighted by molar-refractivity contribution is -0.132. The van der Waals surface area contributed by atoms with Gasteiger partial charge in [-0.25, -0.2) is 0 Å². The SMILES string of the molecule is O=C(CCN1CCOC(c2ccc(Br)cc2)C1)N1CCNCC1. The number of rotatable bonds is 4. The largest absolute Gasteiger partial charge is 0.371 e. The van der Waals surface area contributed by atoms with Crippen molar-refractivity contribution in [3.8, 4) is 0 Å². The van der Waals surface area contributed by atoms with Crippen molar-refractivity contribution >= 4 is 21.8 Å². The average Bonchev–Trinajstić information content (AvgIpc) is 2.61. The van der Waals surface area contributed by atoms with E-state index in [1.165, 1.54) is 5.56 Å². The molecule has 6 heteroatoms. The highest BCUT2D eigenvalue weighted by Crippen LogP contribution is 2.23. The van der Waals surface area contributed by atoms with Crippen LogP contribution in [0.1, 0.15) is 18.1 Å². The van der Waals surface area contributed by atoms with Gasteiger partial charge in [0, 0.05) is 56.7 Å². The molecule has 1 N–H and O–H groups in total. The highest BCUT2D eigenvalue weighted by molar-refractivity contribution is 9.10. The summed E-state index contributed by atoms with van der Waals surface area (Å²) in [6.07, 6.45) is 0.707. The van der Waals surface area contributed by atoms with Gasteiger partial charge >= 0.3 is 0 Å². The minimum Gasteiger partial charge on any atom is -0.371 e. The smallest absolute Gasteiger partial charge is 0.223 e. The fraction of sp³-hybridized carbons (Fsp3) is 0.588. The van der Waals surface area contributed by atoms with Gasteiger partial charge in [-0.05, 0) is 17.7 Å². The minimum atomic E-state index is 0.103. The number of morpholine rings is 1. The first-order valence-electron chi connectivity index (χ1n) is 8.30. The monoisotopic (exact) mass is 381 g/mol. The van der Waals surface area contributed by atoms with Crippen LogP contribution in [0.15, 0.2) is 28.7 Å². The third-order valence-corrected chi connectivity index (χ3v) is 5.03. The summed E-state index contributed by atoms with van der Waals surface area (Å²) in [7, 11) is 0. The lowest BCUT2D eigenvalue weighted by Gasteiger charge is -2.34. The Balaban J connectivity index is 1.48. The van der Waals surface area contributed by atoms with Crippen LogP contribution in [0.5, 0.6) is 0 Å². The fourth-order valence-electron chi connectivity index (χ4n) is 3.11. The van der Waals surface area contributed by atoms with Crippen molar-refractivity contribution < 1.29 is 9.53 Å². The number of nitrogens with one attached hydrogen (secondary N) is 1. The summed E-state index contributed by atoms with van der Waals surface area (Å²) in [5, 5.41) is 3.28. The van der Waals surface area contributed by atoms with Crippen molar-refractivity contribution in [2.24, 2.45) is 0 Å². The summed E-state index contributed by atoms with van der Waals surface area (Å²) >= 11 is 3.46. The van der Waals surface area contributed by atoms with E-state index in [2.05, 4.69) is 38.3 Å². The van der Waals surface area contributed by atoms with Crippen LogP contribution in [0.25, 0.3) is 0 Å². The molecule has 2 heterocycles. The van der Waals surface area contributed by atoms with Crippen molar-refractivity contribution in [3.63, 3.8) is 0 Å². The number of carbonyl (C=O) groups is 1. The van der Waals surface area contributed by atoms with Gasteiger partial charge in [-0.1, -0.05) is 28.1 Å². The molecule has 1 amide bonds. The number of piperazine rings is 1. The Hall–Kier alpha value is -0.950. The van der Waals surface area contributed by atoms with Gasteiger partial charge in [-0.15, -0.1) is 0 Å². The molecule has 23 heavy (non-hydrogen) atoms. The maximum absolute atomic E-state index is 12.3. The number of benzene rings is 1. The van der Waals surface area contributed by atoms with Crippen LogP contribution in [-0.4, -0.2) is 68.1 Å². The molecule has 2 saturated heterocycles. The summed E-state index contributed by atoms with van der Waals surface area (Å²) in [6, 6.07) is 8.30. The first kappa shape index (κ1) is 16.9. The van der Waals surface area contributed by atoms with E-state index < -0.39 is 0 Å². The Bertz CT molecular complexity index is 517. The van der Waals surface area contributed by atoms with E-state index in [4.69, 9.17) is 4.74 Å². The highest BCUT2D eigenvalue weighted by Gasteiger charge is 2.23. The molecule has 0 saturated carbocycles. The quantitative estimate of drug-likeness (QED) is 0.860. The van der Waals surface area contributed by atoms with E-state index in [1.807, 2.05) is 17.0 Å². The molecule has 0 aliphatic carbocycles. The molecular weight excluding hydrogens is 358 g/mol. The molecule has 1 aromatic carbocycles. The van der Waals surface area contributed by atoms with Crippen LogP contribution in [0.3, 0.4) is 0 Å². The summed E-state index contributed by atoms with van der Waals surface area (Å²) in [4.78, 5) is 16.6. The van der Waals surface area contributed by atoms with Gasteiger partial charge in [0.2, 0.25) is 5.91 Å². The van der Waals surface area contributed by atoms with Crippen LogP contribution in [0.4, 0.5) is 0 Å². The lowest BCUT2D eigenvalue weighted by atomic mass is 10.1. The molecule has 0 bridgehead atoms. The molecule has 0 radical (unpaired) electrons. The first-order valence-corrected chi connectivity index (χ1v) is 9.09. The van der Waals surface area contributed by atoms with Crippen LogP contribution >= 0.6 is 15.9 Å². The Morgan fingerprint density at radius 3 is 2.70 bits per heavy atom. The summed E-state index contributed by atoms with van der Waals surface area (Å²) in [6.45, 7) is 6.80. The molecule has 3 rings (SSSR count). The first-order chi connectivity index (χ1) is 11.2. The van der Waals surface area contributed by atoms with Crippen LogP contribution in [0.2, 0.25) is 0 Å². The summed E-state index contributed by atoms with van der Waals surface area (Å²) in [5.74, 6) is 0.276. The number of hydrogen-bond acceptors (Lipinski definition) is 4. The van der Waals surface area contributed by atoms with Gasteiger partial charge in [0.1, 0.15) is 0 Å². The summed E-state index contributed by atoms with van der Waals surface area (Å²) < 4.78 is 6.98. The minimum absolute atomic E-state index is 0.103. The molecule has 1 aromatic rings. The molecule has 1 unspecified atom stereocenters. The molecule has 126 valence electrons. The second-order valence-electron chi connectivity index (χ2n) is 6.09. The molecule has 1 atom stereocenters. The zero-order chi connectivity index (χ0) is 16.1. The van der Waals surface area contributed by atoms with Gasteiger partial charge in [0.15, 0.2) is 0 Å². The predicted molar refractivity (Wildman–Crippen MR) is 93.3 cm³/mol. The van der Waals surface area contributed by atoms with Gasteiger partial charge in [-0.3, -0.25) is 9.69 Å². The Kier molecular flexibility index (Phi) is 6.05. The fourth-order valence-corrected chi connectivity index (χ4v) is 3.38. The Labute approximate surface area is 146 Å². The van der Waals surface area contributed by atoms with Crippen LogP contribution < -0.4 is 5.32 Å². The molecule has 0 spiro atoms. The molecule has 2 aliphatic heterocycles. The third kappa shape index (κ3) is 4.76. The van der Waals surface area contributed by atoms with E-state index >= 15 is 0 Å². The van der Waals surface area contributed by atoms with E-state index in [0.717, 1.165) is 56.9 Å². The zero-order valence-electron chi connectivity index (χ0n) is 13.3. The van der Waals surface area contributed by atoms with Crippen molar-refractivity contribution in [1.29, 1.82) is 0 Å². The molecular formula is C17H24BrN3O2. The predicted octanol–water partition coefficient (Wildman–Crippen LogP) is 1.64. The number of hydrogen-bond donors (Lipinski definition) is 1. The lowest BCUT2D eigenvalue weighted by Crippen LogP contribution is -2.47. The molecule has 5 nitrogen and oxygen atoms in total. The van der Waals surface area contributed by atoms with E-state index in [-0.39, 0.29) is 12.0 Å².